The van der Waals surface area contributed by atoms with E-state index < -0.39 is 11.4 Å². The number of nitrogens with zero attached hydrogens (tertiary/aromatic N) is 1. The summed E-state index contributed by atoms with van der Waals surface area (Å²) in [5.74, 6) is -0.804. The van der Waals surface area contributed by atoms with E-state index in [1.807, 2.05) is 13.8 Å². The zero-order valence-corrected chi connectivity index (χ0v) is 13.5. The van der Waals surface area contributed by atoms with E-state index in [-0.39, 0.29) is 17.9 Å². The van der Waals surface area contributed by atoms with Gasteiger partial charge in [-0.25, -0.2) is 0 Å². The first-order valence-corrected chi connectivity index (χ1v) is 8.16. The van der Waals surface area contributed by atoms with E-state index in [1.54, 1.807) is 4.90 Å². The van der Waals surface area contributed by atoms with Gasteiger partial charge in [-0.05, 0) is 25.2 Å². The molecule has 0 aromatic carbocycles. The molecule has 2 unspecified atom stereocenters. The molecule has 1 amide bonds. The molecule has 2 rings (SSSR count). The maximum absolute atomic E-state index is 12.2. The third kappa shape index (κ3) is 3.79. The lowest BCUT2D eigenvalue weighted by molar-refractivity contribution is -0.151. The van der Waals surface area contributed by atoms with Crippen molar-refractivity contribution in [3.63, 3.8) is 0 Å². The van der Waals surface area contributed by atoms with Crippen LogP contribution >= 0.6 is 0 Å². The Balaban J connectivity index is 1.73. The van der Waals surface area contributed by atoms with E-state index in [0.29, 0.717) is 39.1 Å². The van der Waals surface area contributed by atoms with Crippen molar-refractivity contribution in [1.29, 1.82) is 0 Å². The lowest BCUT2D eigenvalue weighted by Crippen LogP contribution is -2.40. The summed E-state index contributed by atoms with van der Waals surface area (Å²) in [7, 11) is 0. The number of hydrogen-bond acceptors (Lipinski definition) is 4. The summed E-state index contributed by atoms with van der Waals surface area (Å²) >= 11 is 0. The minimum Gasteiger partial charge on any atom is -0.481 e. The molecule has 126 valence electrons. The lowest BCUT2D eigenvalue weighted by atomic mass is 9.76. The maximum Gasteiger partial charge on any atom is 0.311 e. The van der Waals surface area contributed by atoms with Crippen LogP contribution in [0.3, 0.4) is 0 Å². The zero-order valence-electron chi connectivity index (χ0n) is 13.5. The third-order valence-corrected chi connectivity index (χ3v) is 4.97. The molecule has 0 aromatic heterocycles. The molecule has 6 heteroatoms. The summed E-state index contributed by atoms with van der Waals surface area (Å²) in [4.78, 5) is 25.4. The number of carbonyl (C=O) groups is 2. The average Bonchev–Trinajstić information content (AvgIpc) is 3.13. The minimum atomic E-state index is -0.799. The summed E-state index contributed by atoms with van der Waals surface area (Å²) in [6, 6.07) is 0. The van der Waals surface area contributed by atoms with Gasteiger partial charge in [-0.3, -0.25) is 9.59 Å². The lowest BCUT2D eigenvalue weighted by Gasteiger charge is -2.28. The van der Waals surface area contributed by atoms with E-state index in [2.05, 4.69) is 0 Å². The maximum atomic E-state index is 12.2. The number of ether oxygens (including phenoxy) is 2. The van der Waals surface area contributed by atoms with Gasteiger partial charge in [0.1, 0.15) is 0 Å². The van der Waals surface area contributed by atoms with Crippen LogP contribution in [0.25, 0.3) is 0 Å². The van der Waals surface area contributed by atoms with E-state index in [0.717, 1.165) is 19.4 Å². The van der Waals surface area contributed by atoms with Gasteiger partial charge >= 0.3 is 5.97 Å². The van der Waals surface area contributed by atoms with Crippen LogP contribution in [0.4, 0.5) is 0 Å². The second kappa shape index (κ2) is 7.42. The highest BCUT2D eigenvalue weighted by Gasteiger charge is 2.48. The Hall–Kier alpha value is -1.14. The van der Waals surface area contributed by atoms with Crippen LogP contribution in [0.2, 0.25) is 0 Å². The number of carboxylic acids is 1. The quantitative estimate of drug-likeness (QED) is 0.721. The van der Waals surface area contributed by atoms with Crippen LogP contribution in [0.1, 0.15) is 39.5 Å². The fraction of sp³-hybridized carbons (Fsp3) is 0.875. The van der Waals surface area contributed by atoms with Crippen LogP contribution in [-0.2, 0) is 19.1 Å². The van der Waals surface area contributed by atoms with Crippen LogP contribution in [0.5, 0.6) is 0 Å². The number of likely N-dealkylation sites (tertiary alicyclic amines) is 1. The van der Waals surface area contributed by atoms with Crippen molar-refractivity contribution >= 4 is 11.9 Å². The van der Waals surface area contributed by atoms with Crippen LogP contribution in [-0.4, -0.2) is 60.9 Å². The van der Waals surface area contributed by atoms with Crippen molar-refractivity contribution in [3.8, 4) is 0 Å². The molecule has 22 heavy (non-hydrogen) atoms. The standard InChI is InChI=1S/C16H27NO5/c1-12(2)16(15(19)20)6-7-17(11-16)14(18)5-9-21-10-13-4-3-8-22-13/h12-13H,3-11H2,1-2H3,(H,19,20). The highest BCUT2D eigenvalue weighted by atomic mass is 16.5. The first-order valence-electron chi connectivity index (χ1n) is 8.16. The molecule has 0 radical (unpaired) electrons. The Morgan fingerprint density at radius 3 is 2.77 bits per heavy atom. The van der Waals surface area contributed by atoms with Gasteiger partial charge in [0.05, 0.1) is 31.2 Å². The number of rotatable bonds is 7. The highest BCUT2D eigenvalue weighted by Crippen LogP contribution is 2.38. The predicted molar refractivity (Wildman–Crippen MR) is 80.5 cm³/mol. The Bertz CT molecular complexity index is 405. The fourth-order valence-corrected chi connectivity index (χ4v) is 3.25. The van der Waals surface area contributed by atoms with Gasteiger partial charge in [-0.15, -0.1) is 0 Å². The summed E-state index contributed by atoms with van der Waals surface area (Å²) in [6.45, 7) is 6.36. The summed E-state index contributed by atoms with van der Waals surface area (Å²) < 4.78 is 11.0. The summed E-state index contributed by atoms with van der Waals surface area (Å²) in [5.41, 5.74) is -0.797. The van der Waals surface area contributed by atoms with Crippen LogP contribution in [0, 0.1) is 11.3 Å². The molecule has 0 aliphatic carbocycles. The van der Waals surface area contributed by atoms with Crippen molar-refractivity contribution in [2.75, 3.05) is 32.9 Å². The minimum absolute atomic E-state index is 0.0126. The van der Waals surface area contributed by atoms with Crippen molar-refractivity contribution in [3.05, 3.63) is 0 Å². The van der Waals surface area contributed by atoms with Crippen molar-refractivity contribution in [1.82, 2.24) is 4.90 Å². The second-order valence-corrected chi connectivity index (χ2v) is 6.64. The molecule has 0 bridgehead atoms. The van der Waals surface area contributed by atoms with Gasteiger partial charge in [0.2, 0.25) is 5.91 Å². The third-order valence-electron chi connectivity index (χ3n) is 4.97. The number of carbonyl (C=O) groups excluding carboxylic acids is 1. The first kappa shape index (κ1) is 17.2. The molecule has 2 fully saturated rings. The Kier molecular flexibility index (Phi) is 5.81. The van der Waals surface area contributed by atoms with Gasteiger partial charge < -0.3 is 19.5 Å². The van der Waals surface area contributed by atoms with E-state index in [9.17, 15) is 14.7 Å². The first-order chi connectivity index (χ1) is 10.5. The smallest absolute Gasteiger partial charge is 0.311 e. The van der Waals surface area contributed by atoms with Gasteiger partial charge in [0.15, 0.2) is 0 Å². The van der Waals surface area contributed by atoms with Crippen molar-refractivity contribution in [2.24, 2.45) is 11.3 Å². The SMILES string of the molecule is CC(C)C1(C(=O)O)CCN(C(=O)CCOCC2CCCO2)C1. The van der Waals surface area contributed by atoms with Crippen LogP contribution < -0.4 is 0 Å². The summed E-state index contributed by atoms with van der Waals surface area (Å²) in [6.07, 6.45) is 3.11. The van der Waals surface area contributed by atoms with E-state index in [4.69, 9.17) is 9.47 Å². The van der Waals surface area contributed by atoms with Gasteiger partial charge in [-0.2, -0.15) is 0 Å². The summed E-state index contributed by atoms with van der Waals surface area (Å²) in [5, 5.41) is 9.49. The Morgan fingerprint density at radius 1 is 1.45 bits per heavy atom. The molecular formula is C16H27NO5. The van der Waals surface area contributed by atoms with Gasteiger partial charge in [0, 0.05) is 19.7 Å². The molecule has 0 spiro atoms. The zero-order chi connectivity index (χ0) is 16.2. The molecule has 2 heterocycles. The number of carboxylic acid groups (broad SMARTS) is 1. The topological polar surface area (TPSA) is 76.1 Å². The van der Waals surface area contributed by atoms with Crippen LogP contribution in [0.15, 0.2) is 0 Å². The highest BCUT2D eigenvalue weighted by molar-refractivity contribution is 5.81. The molecule has 0 aromatic rings. The molecule has 2 aliphatic heterocycles. The Morgan fingerprint density at radius 2 is 2.23 bits per heavy atom. The average molecular weight is 313 g/mol. The fourth-order valence-electron chi connectivity index (χ4n) is 3.25. The largest absolute Gasteiger partial charge is 0.481 e. The number of hydrogen-bond donors (Lipinski definition) is 1. The Labute approximate surface area is 131 Å². The van der Waals surface area contributed by atoms with E-state index >= 15 is 0 Å². The molecule has 2 aliphatic rings. The van der Waals surface area contributed by atoms with Gasteiger partial charge in [-0.1, -0.05) is 13.8 Å². The number of aliphatic carboxylic acids is 1. The molecule has 6 nitrogen and oxygen atoms in total. The van der Waals surface area contributed by atoms with Crippen molar-refractivity contribution < 1.29 is 24.2 Å². The second-order valence-electron chi connectivity index (χ2n) is 6.64. The molecule has 2 saturated heterocycles. The molecular weight excluding hydrogens is 286 g/mol. The van der Waals surface area contributed by atoms with Crippen molar-refractivity contribution in [2.45, 2.75) is 45.6 Å². The molecule has 0 saturated carbocycles. The number of amides is 1. The molecule has 2 atom stereocenters. The van der Waals surface area contributed by atoms with Gasteiger partial charge in [0.25, 0.3) is 0 Å². The normalized spacial score (nSPS) is 28.5. The monoisotopic (exact) mass is 313 g/mol. The molecule has 1 N–H and O–H groups in total. The predicted octanol–water partition coefficient (Wildman–Crippen LogP) is 1.53. The van der Waals surface area contributed by atoms with E-state index in [1.165, 1.54) is 0 Å².